The highest BCUT2D eigenvalue weighted by Crippen LogP contribution is 2.43. The molecule has 3 aliphatic rings. The van der Waals surface area contributed by atoms with Crippen LogP contribution in [0.25, 0.3) is 0 Å². The van der Waals surface area contributed by atoms with Crippen LogP contribution in [-0.4, -0.2) is 99.1 Å². The zero-order valence-corrected chi connectivity index (χ0v) is 32.4. The number of urea groups is 1. The summed E-state index contributed by atoms with van der Waals surface area (Å²) in [6, 6.07) is 1.35. The van der Waals surface area contributed by atoms with Gasteiger partial charge in [0.15, 0.2) is 0 Å². The van der Waals surface area contributed by atoms with Gasteiger partial charge in [0.25, 0.3) is 10.9 Å². The van der Waals surface area contributed by atoms with Crippen molar-refractivity contribution in [2.75, 3.05) is 26.7 Å². The number of hydrogen-bond donors (Lipinski definition) is 4. The van der Waals surface area contributed by atoms with Gasteiger partial charge >= 0.3 is 6.03 Å². The molecule has 7 atom stereocenters. The van der Waals surface area contributed by atoms with Crippen LogP contribution >= 0.6 is 0 Å². The van der Waals surface area contributed by atoms with Gasteiger partial charge in [0.2, 0.25) is 17.6 Å². The molecule has 2 unspecified atom stereocenters. The topological polar surface area (TPSA) is 176 Å². The fraction of sp³-hybridized carbons (Fsp3) is 0.641. The lowest BCUT2D eigenvalue weighted by molar-refractivity contribution is -0.144. The van der Waals surface area contributed by atoms with E-state index in [0.29, 0.717) is 11.6 Å². The van der Waals surface area contributed by atoms with Crippen LogP contribution in [0, 0.1) is 35.5 Å². The van der Waals surface area contributed by atoms with Crippen molar-refractivity contribution < 1.29 is 28.5 Å². The molecule has 0 aromatic carbocycles. The molecule has 1 aliphatic heterocycles. The van der Waals surface area contributed by atoms with Gasteiger partial charge in [-0.1, -0.05) is 58.6 Å². The highest BCUT2D eigenvalue weighted by atomic mass is 32.2. The number of aromatic nitrogens is 1. The van der Waals surface area contributed by atoms with E-state index < -0.39 is 64.6 Å². The number of nitrogens with zero attached hydrogens (tertiary/aromatic N) is 3. The van der Waals surface area contributed by atoms with E-state index in [1.165, 1.54) is 6.08 Å². The van der Waals surface area contributed by atoms with Crippen molar-refractivity contribution in [1.29, 1.82) is 0 Å². The summed E-state index contributed by atoms with van der Waals surface area (Å²) in [6.45, 7) is 10.2. The van der Waals surface area contributed by atoms with Crippen molar-refractivity contribution >= 4 is 40.9 Å². The van der Waals surface area contributed by atoms with Gasteiger partial charge in [-0.3, -0.25) is 19.2 Å². The maximum absolute atomic E-state index is 14.7. The second-order valence-electron chi connectivity index (χ2n) is 15.6. The second kappa shape index (κ2) is 19.4. The van der Waals surface area contributed by atoms with Crippen molar-refractivity contribution in [3.63, 3.8) is 0 Å². The van der Waals surface area contributed by atoms with Crippen LogP contribution in [0.15, 0.2) is 42.1 Å². The number of hydrogen-bond acceptors (Lipinski definition) is 8. The molecule has 4 N–H and O–H groups in total. The summed E-state index contributed by atoms with van der Waals surface area (Å²) in [6.07, 6.45) is 15.7. The van der Waals surface area contributed by atoms with Crippen molar-refractivity contribution in [2.45, 2.75) is 114 Å². The van der Waals surface area contributed by atoms with E-state index in [9.17, 15) is 28.5 Å². The summed E-state index contributed by atoms with van der Waals surface area (Å²) in [5, 5.41) is 11.8. The Morgan fingerprint density at radius 2 is 1.83 bits per heavy atom. The number of rotatable bonds is 16. The zero-order chi connectivity index (χ0) is 38.7. The molecule has 0 radical (unpaired) electrons. The molecule has 290 valence electrons. The van der Waals surface area contributed by atoms with E-state index in [1.807, 2.05) is 20.8 Å². The molecular weight excluding hydrogens is 695 g/mol. The Hall–Kier alpha value is -3.93. The van der Waals surface area contributed by atoms with Crippen LogP contribution in [0.5, 0.6) is 0 Å². The minimum Gasteiger partial charge on any atom is -0.592 e. The predicted octanol–water partition coefficient (Wildman–Crippen LogP) is 3.10. The van der Waals surface area contributed by atoms with Crippen LogP contribution in [0.2, 0.25) is 0 Å². The van der Waals surface area contributed by atoms with Crippen molar-refractivity contribution in [3.05, 3.63) is 37.1 Å². The molecule has 2 heterocycles. The minimum atomic E-state index is -1.55. The number of carbonyl (C=O) groups is 5. The van der Waals surface area contributed by atoms with Crippen LogP contribution in [0.4, 0.5) is 4.79 Å². The Morgan fingerprint density at radius 3 is 2.47 bits per heavy atom. The molecule has 53 heavy (non-hydrogen) atoms. The molecule has 14 heteroatoms. The normalized spacial score (nSPS) is 22.4. The van der Waals surface area contributed by atoms with Gasteiger partial charge in [0.1, 0.15) is 23.4 Å². The average molecular weight is 752 g/mol. The summed E-state index contributed by atoms with van der Waals surface area (Å²) in [5.74, 6) is -0.137. The van der Waals surface area contributed by atoms with Crippen molar-refractivity contribution in [3.8, 4) is 12.3 Å². The Balaban J connectivity index is 1.55. The molecule has 13 nitrogen and oxygen atoms in total. The molecule has 2 aliphatic carbocycles. The van der Waals surface area contributed by atoms with Crippen LogP contribution in [0.3, 0.4) is 0 Å². The van der Waals surface area contributed by atoms with Gasteiger partial charge in [-0.25, -0.2) is 9.78 Å². The Kier molecular flexibility index (Phi) is 15.3. The first-order valence-electron chi connectivity index (χ1n) is 18.8. The fourth-order valence-corrected chi connectivity index (χ4v) is 8.82. The molecule has 4 rings (SSSR count). The van der Waals surface area contributed by atoms with Crippen LogP contribution in [-0.2, 0) is 30.5 Å². The number of carbonyl (C=O) groups excluding carboxylic acids is 5. The smallest absolute Gasteiger partial charge is 0.315 e. The number of nitrogens with one attached hydrogen (secondary N) is 4. The van der Waals surface area contributed by atoms with Gasteiger partial charge in [0.05, 0.1) is 18.6 Å². The third kappa shape index (κ3) is 11.1. The summed E-state index contributed by atoms with van der Waals surface area (Å²) in [5.41, 5.74) is -0.435. The quantitative estimate of drug-likeness (QED) is 0.0863. The SMILES string of the molecule is C#CCCC(NC(=O)[C@@H]1[C@H]2CCC[C@H]2CN1C(=O)[C@@H](NC(=O)N[C@H](CN(C)[S+]([O-])c1ccccn1)C(C)(C)C)C1CCCCC1)C(=O)C(=O)NCC=C. The Morgan fingerprint density at radius 1 is 1.09 bits per heavy atom. The first-order chi connectivity index (χ1) is 25.3. The highest BCUT2D eigenvalue weighted by molar-refractivity contribution is 7.89. The first kappa shape index (κ1) is 41.8. The van der Waals surface area contributed by atoms with Gasteiger partial charge in [-0.05, 0) is 61.3 Å². The first-order valence-corrected chi connectivity index (χ1v) is 20.0. The number of likely N-dealkylation sites (tertiary alicyclic amines) is 1. The van der Waals surface area contributed by atoms with Crippen molar-refractivity contribution in [2.24, 2.45) is 23.2 Å². The minimum absolute atomic E-state index is 0.0728. The second-order valence-corrected chi connectivity index (χ2v) is 17.1. The Bertz CT molecular complexity index is 1490. The molecule has 0 spiro atoms. The van der Waals surface area contributed by atoms with E-state index in [0.717, 1.165) is 51.4 Å². The molecule has 1 aromatic heterocycles. The molecular formula is C39H57N7O6S. The number of fused-ring (bicyclic) bond motifs is 1. The maximum Gasteiger partial charge on any atom is 0.315 e. The number of terminal acetylenes is 1. The molecule has 1 aromatic rings. The molecule has 3 fully saturated rings. The lowest BCUT2D eigenvalue weighted by Gasteiger charge is -2.37. The number of pyridine rings is 1. The number of Topliss-reactive ketones (excluding diaryl/α,β-unsaturated/α-hetero) is 1. The maximum atomic E-state index is 14.7. The summed E-state index contributed by atoms with van der Waals surface area (Å²) >= 11 is -1.55. The number of likely N-dealkylation sites (N-methyl/N-ethyl adjacent to an activating group) is 1. The highest BCUT2D eigenvalue weighted by Gasteiger charge is 2.52. The van der Waals surface area contributed by atoms with Crippen LogP contribution < -0.4 is 21.3 Å². The van der Waals surface area contributed by atoms with E-state index in [-0.39, 0.29) is 49.6 Å². The van der Waals surface area contributed by atoms with Gasteiger partial charge in [-0.2, -0.15) is 0 Å². The predicted molar refractivity (Wildman–Crippen MR) is 203 cm³/mol. The van der Waals surface area contributed by atoms with E-state index in [1.54, 1.807) is 40.6 Å². The molecule has 1 saturated heterocycles. The fourth-order valence-electron chi connectivity index (χ4n) is 7.87. The van der Waals surface area contributed by atoms with E-state index in [4.69, 9.17) is 6.42 Å². The largest absolute Gasteiger partial charge is 0.592 e. The zero-order valence-electron chi connectivity index (χ0n) is 31.6. The van der Waals surface area contributed by atoms with Crippen molar-refractivity contribution in [1.82, 2.24) is 35.5 Å². The average Bonchev–Trinajstić information content (AvgIpc) is 3.75. The molecule has 0 bridgehead atoms. The lowest BCUT2D eigenvalue weighted by Crippen LogP contribution is -2.61. The molecule has 5 amide bonds. The van der Waals surface area contributed by atoms with Crippen LogP contribution in [0.1, 0.15) is 85.0 Å². The molecule has 2 saturated carbocycles. The third-order valence-electron chi connectivity index (χ3n) is 10.8. The third-order valence-corrected chi connectivity index (χ3v) is 12.2. The van der Waals surface area contributed by atoms with Gasteiger partial charge in [-0.15, -0.1) is 23.2 Å². The standard InChI is InChI=1S/C39H57N7O6S/c1-7-9-20-29(34(47)36(49)41-22-8-2)42-35(48)33-28-19-15-18-27(28)24-46(33)37(50)32(26-16-11-10-12-17-26)44-38(51)43-30(39(3,4)5)25-45(6)53(52)31-21-13-14-23-40-31/h1,8,13-14,21,23,26-30,32-33H,2,9-12,15-20,22,24-25H2,3-6H3,(H,41,49)(H,42,48)(H2,43,44,51)/t27-,28-,29?,30+,32-,33-,53?/m0/s1. The Labute approximate surface area is 317 Å². The lowest BCUT2D eigenvalue weighted by atomic mass is 9.83. The summed E-state index contributed by atoms with van der Waals surface area (Å²) in [4.78, 5) is 74.3. The van der Waals surface area contributed by atoms with Gasteiger partial charge < -0.3 is 30.7 Å². The summed E-state index contributed by atoms with van der Waals surface area (Å²) in [7, 11) is 1.71. The van der Waals surface area contributed by atoms with E-state index in [2.05, 4.69) is 38.8 Å². The van der Waals surface area contributed by atoms with E-state index >= 15 is 0 Å². The number of ketones is 1. The van der Waals surface area contributed by atoms with Gasteiger partial charge in [0, 0.05) is 38.8 Å². The number of amides is 5. The monoisotopic (exact) mass is 751 g/mol. The summed E-state index contributed by atoms with van der Waals surface area (Å²) < 4.78 is 14.9.